The van der Waals surface area contributed by atoms with Crippen LogP contribution in [0.25, 0.3) is 0 Å². The minimum Gasteiger partial charge on any atom is -0.388 e. The monoisotopic (exact) mass is 257 g/mol. The van der Waals surface area contributed by atoms with Crippen molar-refractivity contribution in [2.24, 2.45) is 7.05 Å². The van der Waals surface area contributed by atoms with Crippen LogP contribution >= 0.6 is 22.9 Å². The third-order valence-electron chi connectivity index (χ3n) is 2.38. The molecule has 0 aliphatic carbocycles. The molecule has 2 aromatic heterocycles. The van der Waals surface area contributed by atoms with Gasteiger partial charge in [-0.05, 0) is 6.92 Å². The van der Waals surface area contributed by atoms with Crippen LogP contribution in [0.1, 0.15) is 22.4 Å². The Balaban J connectivity index is 2.24. The third-order valence-corrected chi connectivity index (χ3v) is 3.63. The number of rotatable bonds is 3. The van der Waals surface area contributed by atoms with Crippen molar-refractivity contribution >= 4 is 22.9 Å². The molecule has 0 radical (unpaired) electrons. The Bertz CT molecular complexity index is 480. The molecular weight excluding hydrogens is 246 g/mol. The summed E-state index contributed by atoms with van der Waals surface area (Å²) in [7, 11) is 1.76. The molecule has 2 heterocycles. The lowest BCUT2D eigenvalue weighted by atomic mass is 10.1. The van der Waals surface area contributed by atoms with E-state index in [9.17, 15) is 5.11 Å². The van der Waals surface area contributed by atoms with Gasteiger partial charge in [0.05, 0.1) is 16.8 Å². The Kier molecular flexibility index (Phi) is 3.28. The predicted molar refractivity (Wildman–Crippen MR) is 63.7 cm³/mol. The van der Waals surface area contributed by atoms with Crippen molar-refractivity contribution in [1.82, 2.24) is 14.8 Å². The molecule has 0 amide bonds. The van der Waals surface area contributed by atoms with Crippen molar-refractivity contribution in [1.29, 1.82) is 0 Å². The molecule has 2 aromatic rings. The molecule has 2 rings (SSSR count). The molecule has 0 saturated carbocycles. The van der Waals surface area contributed by atoms with Gasteiger partial charge in [-0.3, -0.25) is 4.68 Å². The lowest BCUT2D eigenvalue weighted by Crippen LogP contribution is -2.03. The number of halogens is 1. The summed E-state index contributed by atoms with van der Waals surface area (Å²) in [6.07, 6.45) is 1.56. The SMILES string of the molecule is Cc1nn(C)c(Cl)c1C(O)Cc1nccs1. The van der Waals surface area contributed by atoms with E-state index in [1.165, 1.54) is 11.3 Å². The Labute approximate surface area is 103 Å². The molecule has 4 nitrogen and oxygen atoms in total. The second-order valence-corrected chi connectivity index (χ2v) is 4.90. The maximum atomic E-state index is 10.1. The molecule has 86 valence electrons. The van der Waals surface area contributed by atoms with Crippen LogP contribution < -0.4 is 0 Å². The van der Waals surface area contributed by atoms with Crippen molar-refractivity contribution in [3.63, 3.8) is 0 Å². The zero-order chi connectivity index (χ0) is 11.7. The maximum Gasteiger partial charge on any atom is 0.132 e. The van der Waals surface area contributed by atoms with Crippen LogP contribution in [0.4, 0.5) is 0 Å². The number of hydrogen-bond acceptors (Lipinski definition) is 4. The highest BCUT2D eigenvalue weighted by atomic mass is 35.5. The Hall–Kier alpha value is -0.910. The predicted octanol–water partition coefficient (Wildman–Crippen LogP) is 2.11. The Morgan fingerprint density at radius 3 is 2.88 bits per heavy atom. The van der Waals surface area contributed by atoms with E-state index < -0.39 is 6.10 Å². The van der Waals surface area contributed by atoms with Gasteiger partial charge in [-0.2, -0.15) is 5.10 Å². The molecule has 0 bridgehead atoms. The van der Waals surface area contributed by atoms with Gasteiger partial charge in [-0.25, -0.2) is 4.98 Å². The number of aliphatic hydroxyl groups excluding tert-OH is 1. The minimum absolute atomic E-state index is 0.476. The summed E-state index contributed by atoms with van der Waals surface area (Å²) in [4.78, 5) is 4.14. The van der Waals surface area contributed by atoms with E-state index in [2.05, 4.69) is 10.1 Å². The molecule has 0 fully saturated rings. The van der Waals surface area contributed by atoms with E-state index in [0.717, 1.165) is 10.7 Å². The van der Waals surface area contributed by atoms with Gasteiger partial charge in [0.15, 0.2) is 0 Å². The highest BCUT2D eigenvalue weighted by Crippen LogP contribution is 2.28. The van der Waals surface area contributed by atoms with Crippen LogP contribution in [0.3, 0.4) is 0 Å². The normalized spacial score (nSPS) is 13.0. The zero-order valence-electron chi connectivity index (χ0n) is 9.01. The first-order valence-electron chi connectivity index (χ1n) is 4.85. The molecule has 6 heteroatoms. The summed E-state index contributed by atoms with van der Waals surface area (Å²) in [6, 6.07) is 0. The van der Waals surface area contributed by atoms with Crippen LogP contribution in [0.15, 0.2) is 11.6 Å². The van der Waals surface area contributed by atoms with E-state index in [1.807, 2.05) is 12.3 Å². The van der Waals surface area contributed by atoms with Gasteiger partial charge in [0, 0.05) is 30.6 Å². The standard InChI is InChI=1S/C10H12ClN3OS/c1-6-9(10(11)14(2)13-6)7(15)5-8-12-3-4-16-8/h3-4,7,15H,5H2,1-2H3. The summed E-state index contributed by atoms with van der Waals surface area (Å²) in [5.41, 5.74) is 1.45. The van der Waals surface area contributed by atoms with Gasteiger partial charge >= 0.3 is 0 Å². The second kappa shape index (κ2) is 4.53. The molecule has 0 aliphatic rings. The fraction of sp³-hybridized carbons (Fsp3) is 0.400. The smallest absolute Gasteiger partial charge is 0.132 e. The lowest BCUT2D eigenvalue weighted by Gasteiger charge is -2.08. The number of aromatic nitrogens is 3. The largest absolute Gasteiger partial charge is 0.388 e. The molecule has 1 atom stereocenters. The van der Waals surface area contributed by atoms with Gasteiger partial charge in [0.1, 0.15) is 5.15 Å². The number of thiazole rings is 1. The highest BCUT2D eigenvalue weighted by molar-refractivity contribution is 7.09. The van der Waals surface area contributed by atoms with Gasteiger partial charge in [0.25, 0.3) is 0 Å². The van der Waals surface area contributed by atoms with Gasteiger partial charge in [0.2, 0.25) is 0 Å². The van der Waals surface area contributed by atoms with E-state index in [0.29, 0.717) is 17.1 Å². The summed E-state index contributed by atoms with van der Waals surface area (Å²) >= 11 is 7.60. The summed E-state index contributed by atoms with van der Waals surface area (Å²) in [5.74, 6) is 0. The summed E-state index contributed by atoms with van der Waals surface area (Å²) in [6.45, 7) is 1.84. The van der Waals surface area contributed by atoms with E-state index in [1.54, 1.807) is 17.9 Å². The molecule has 16 heavy (non-hydrogen) atoms. The number of hydrogen-bond donors (Lipinski definition) is 1. The topological polar surface area (TPSA) is 50.9 Å². The van der Waals surface area contributed by atoms with Gasteiger partial charge in [-0.15, -0.1) is 11.3 Å². The average Bonchev–Trinajstić information content (AvgIpc) is 2.77. The fourth-order valence-electron chi connectivity index (χ4n) is 1.65. The first-order valence-corrected chi connectivity index (χ1v) is 6.10. The number of aryl methyl sites for hydroxylation is 2. The minimum atomic E-state index is -0.646. The van der Waals surface area contributed by atoms with Crippen molar-refractivity contribution in [3.05, 3.63) is 33.0 Å². The molecular formula is C10H12ClN3OS. The Morgan fingerprint density at radius 1 is 1.62 bits per heavy atom. The first-order chi connectivity index (χ1) is 7.59. The van der Waals surface area contributed by atoms with Crippen molar-refractivity contribution < 1.29 is 5.11 Å². The second-order valence-electron chi connectivity index (χ2n) is 3.56. The quantitative estimate of drug-likeness (QED) is 0.916. The van der Waals surface area contributed by atoms with Crippen molar-refractivity contribution in [2.45, 2.75) is 19.4 Å². The molecule has 1 N–H and O–H groups in total. The van der Waals surface area contributed by atoms with Crippen LogP contribution in [-0.2, 0) is 13.5 Å². The van der Waals surface area contributed by atoms with Crippen LogP contribution in [0.2, 0.25) is 5.15 Å². The van der Waals surface area contributed by atoms with Gasteiger partial charge < -0.3 is 5.11 Å². The van der Waals surface area contributed by atoms with Crippen molar-refractivity contribution in [2.75, 3.05) is 0 Å². The molecule has 1 unspecified atom stereocenters. The molecule has 0 aliphatic heterocycles. The van der Waals surface area contributed by atoms with E-state index in [4.69, 9.17) is 11.6 Å². The number of nitrogens with zero attached hydrogens (tertiary/aromatic N) is 3. The maximum absolute atomic E-state index is 10.1. The summed E-state index contributed by atoms with van der Waals surface area (Å²) in [5, 5.41) is 17.5. The average molecular weight is 258 g/mol. The van der Waals surface area contributed by atoms with E-state index in [-0.39, 0.29) is 0 Å². The Morgan fingerprint density at radius 2 is 2.38 bits per heavy atom. The highest BCUT2D eigenvalue weighted by Gasteiger charge is 2.20. The first kappa shape index (κ1) is 11.6. The zero-order valence-corrected chi connectivity index (χ0v) is 10.6. The number of aliphatic hydroxyl groups is 1. The summed E-state index contributed by atoms with van der Waals surface area (Å²) < 4.78 is 1.57. The fourth-order valence-corrected chi connectivity index (χ4v) is 2.60. The molecule has 0 saturated heterocycles. The third kappa shape index (κ3) is 2.11. The van der Waals surface area contributed by atoms with Crippen LogP contribution in [-0.4, -0.2) is 19.9 Å². The van der Waals surface area contributed by atoms with E-state index >= 15 is 0 Å². The lowest BCUT2D eigenvalue weighted by molar-refractivity contribution is 0.177. The molecule has 0 spiro atoms. The van der Waals surface area contributed by atoms with Crippen LogP contribution in [0, 0.1) is 6.92 Å². The van der Waals surface area contributed by atoms with Gasteiger partial charge in [-0.1, -0.05) is 11.6 Å². The van der Waals surface area contributed by atoms with Crippen LogP contribution in [0.5, 0.6) is 0 Å². The van der Waals surface area contributed by atoms with Crippen molar-refractivity contribution in [3.8, 4) is 0 Å². The molecule has 0 aromatic carbocycles.